The van der Waals surface area contributed by atoms with Crippen LogP contribution in [0, 0.1) is 0 Å². The molecule has 0 saturated heterocycles. The summed E-state index contributed by atoms with van der Waals surface area (Å²) < 4.78 is 7.80. The van der Waals surface area contributed by atoms with Gasteiger partial charge in [-0.2, -0.15) is 0 Å². The molecule has 0 radical (unpaired) electrons. The van der Waals surface area contributed by atoms with Crippen molar-refractivity contribution in [1.29, 1.82) is 0 Å². The van der Waals surface area contributed by atoms with Gasteiger partial charge in [-0.1, -0.05) is 103 Å². The minimum atomic E-state index is -0.306. The molecule has 0 atom stereocenters. The van der Waals surface area contributed by atoms with Gasteiger partial charge in [0, 0.05) is 16.6 Å². The number of allylic oxidation sites excluding steroid dienone is 2. The van der Waals surface area contributed by atoms with Crippen LogP contribution in [0.15, 0.2) is 115 Å². The second-order valence-electron chi connectivity index (χ2n) is 8.75. The van der Waals surface area contributed by atoms with E-state index in [1.807, 2.05) is 55.5 Å². The number of rotatable bonds is 4. The van der Waals surface area contributed by atoms with Gasteiger partial charge in [0.1, 0.15) is 0 Å². The Morgan fingerprint density at radius 2 is 1.42 bits per heavy atom. The van der Waals surface area contributed by atoms with Crippen LogP contribution in [0.3, 0.4) is 0 Å². The monoisotopic (exact) mass is 467 g/mol. The van der Waals surface area contributed by atoms with Gasteiger partial charge in [-0.3, -0.25) is 0 Å². The third-order valence-corrected chi connectivity index (χ3v) is 6.58. The number of carbonyl (C=O) groups is 1. The van der Waals surface area contributed by atoms with Gasteiger partial charge in [-0.25, -0.2) is 4.79 Å². The smallest absolute Gasteiger partial charge is 0.340 e. The summed E-state index contributed by atoms with van der Waals surface area (Å²) in [4.78, 5) is 13.5. The van der Waals surface area contributed by atoms with Crippen molar-refractivity contribution in [3.63, 3.8) is 0 Å². The molecule has 3 nitrogen and oxygen atoms in total. The number of hydrogen-bond acceptors (Lipinski definition) is 2. The second-order valence-corrected chi connectivity index (χ2v) is 8.75. The molecule has 3 heteroatoms. The van der Waals surface area contributed by atoms with Gasteiger partial charge in [0.05, 0.1) is 23.4 Å². The number of para-hydroxylation sites is 1. The molecule has 0 amide bonds. The minimum absolute atomic E-state index is 0.306. The molecule has 5 aromatic rings. The molecule has 0 saturated carbocycles. The Morgan fingerprint density at radius 1 is 0.778 bits per heavy atom. The molecule has 1 aliphatic heterocycles. The van der Waals surface area contributed by atoms with Crippen LogP contribution in [0.4, 0.5) is 0 Å². The SMILES string of the molecule is CCOC(=O)c1c2n(c3ccccc13)/C(=C\c1ccccc1)C=C(c1ccccc1)c1ccccc1-2. The summed E-state index contributed by atoms with van der Waals surface area (Å²) in [6.45, 7) is 2.16. The van der Waals surface area contributed by atoms with Crippen LogP contribution in [-0.2, 0) is 4.74 Å². The van der Waals surface area contributed by atoms with E-state index < -0.39 is 0 Å². The molecule has 36 heavy (non-hydrogen) atoms. The van der Waals surface area contributed by atoms with Crippen molar-refractivity contribution < 1.29 is 9.53 Å². The molecule has 0 bridgehead atoms. The van der Waals surface area contributed by atoms with Crippen LogP contribution in [0.2, 0.25) is 0 Å². The van der Waals surface area contributed by atoms with Crippen LogP contribution in [0.25, 0.3) is 39.5 Å². The van der Waals surface area contributed by atoms with E-state index in [-0.39, 0.29) is 5.97 Å². The standard InChI is InChI=1S/C33H25NO2/c1-2-36-33(35)31-28-19-11-12-20-30(28)34-25(21-23-13-5-3-6-14-23)22-29(24-15-7-4-8-16-24)26-17-9-10-18-27(26)32(31)34/h3-22H,2H2,1H3/b25-21-. The van der Waals surface area contributed by atoms with E-state index in [9.17, 15) is 4.79 Å². The van der Waals surface area contributed by atoms with Crippen LogP contribution in [-0.4, -0.2) is 17.1 Å². The molecular formula is C33H25NO2. The Balaban J connectivity index is 1.77. The summed E-state index contributed by atoms with van der Waals surface area (Å²) >= 11 is 0. The third-order valence-electron chi connectivity index (χ3n) is 6.58. The highest BCUT2D eigenvalue weighted by atomic mass is 16.5. The maximum atomic E-state index is 13.5. The lowest BCUT2D eigenvalue weighted by molar-refractivity contribution is 0.0529. The number of benzene rings is 4. The average molecular weight is 468 g/mol. The van der Waals surface area contributed by atoms with Crippen molar-refractivity contribution in [1.82, 2.24) is 4.57 Å². The fraction of sp³-hybridized carbons (Fsp3) is 0.0606. The molecular weight excluding hydrogens is 442 g/mol. The number of fused-ring (bicyclic) bond motifs is 5. The molecule has 0 unspecified atom stereocenters. The first-order chi connectivity index (χ1) is 17.8. The van der Waals surface area contributed by atoms with Gasteiger partial charge in [0.25, 0.3) is 0 Å². The quantitative estimate of drug-likeness (QED) is 0.251. The molecule has 1 aromatic heterocycles. The maximum Gasteiger partial charge on any atom is 0.340 e. The third kappa shape index (κ3) is 3.66. The fourth-order valence-electron chi connectivity index (χ4n) is 5.07. The molecule has 0 N–H and O–H groups in total. The molecule has 1 aliphatic rings. The van der Waals surface area contributed by atoms with Crippen molar-refractivity contribution in [2.75, 3.05) is 6.61 Å². The van der Waals surface area contributed by atoms with Gasteiger partial charge in [-0.15, -0.1) is 0 Å². The van der Waals surface area contributed by atoms with Gasteiger partial charge in [-0.05, 0) is 47.4 Å². The number of ether oxygens (including phenoxy) is 1. The number of nitrogens with zero attached hydrogens (tertiary/aromatic N) is 1. The average Bonchev–Trinajstić information content (AvgIpc) is 3.20. The van der Waals surface area contributed by atoms with E-state index in [2.05, 4.69) is 77.4 Å². The van der Waals surface area contributed by atoms with E-state index in [1.165, 1.54) is 0 Å². The van der Waals surface area contributed by atoms with Crippen LogP contribution < -0.4 is 0 Å². The van der Waals surface area contributed by atoms with Crippen LogP contribution in [0.5, 0.6) is 0 Å². The van der Waals surface area contributed by atoms with Gasteiger partial charge < -0.3 is 9.30 Å². The minimum Gasteiger partial charge on any atom is -0.462 e. The number of hydrogen-bond donors (Lipinski definition) is 0. The van der Waals surface area contributed by atoms with E-state index in [4.69, 9.17) is 4.74 Å². The zero-order valence-corrected chi connectivity index (χ0v) is 20.0. The van der Waals surface area contributed by atoms with Crippen molar-refractivity contribution in [3.8, 4) is 11.3 Å². The predicted molar refractivity (Wildman–Crippen MR) is 147 cm³/mol. The van der Waals surface area contributed by atoms with Gasteiger partial charge in [0.15, 0.2) is 0 Å². The second kappa shape index (κ2) is 9.20. The normalized spacial score (nSPS) is 13.6. The van der Waals surface area contributed by atoms with Gasteiger partial charge >= 0.3 is 5.97 Å². The number of esters is 1. The zero-order chi connectivity index (χ0) is 24.5. The lowest BCUT2D eigenvalue weighted by Gasteiger charge is -2.13. The number of carbonyl (C=O) groups excluding carboxylic acids is 1. The summed E-state index contributed by atoms with van der Waals surface area (Å²) in [7, 11) is 0. The first-order valence-electron chi connectivity index (χ1n) is 12.2. The molecule has 4 aromatic carbocycles. The Hall–Kier alpha value is -4.63. The van der Waals surface area contributed by atoms with Gasteiger partial charge in [0.2, 0.25) is 0 Å². The largest absolute Gasteiger partial charge is 0.462 e. The van der Waals surface area contributed by atoms with Crippen molar-refractivity contribution >= 4 is 34.2 Å². The van der Waals surface area contributed by atoms with E-state index in [1.54, 1.807) is 0 Å². The van der Waals surface area contributed by atoms with Crippen molar-refractivity contribution in [2.45, 2.75) is 6.92 Å². The highest BCUT2D eigenvalue weighted by molar-refractivity contribution is 6.15. The van der Waals surface area contributed by atoms with E-state index >= 15 is 0 Å². The van der Waals surface area contributed by atoms with Crippen LogP contribution >= 0.6 is 0 Å². The molecule has 0 fully saturated rings. The topological polar surface area (TPSA) is 31.2 Å². The Kier molecular flexibility index (Phi) is 5.59. The molecule has 0 spiro atoms. The summed E-state index contributed by atoms with van der Waals surface area (Å²) in [5.74, 6) is -0.306. The highest BCUT2D eigenvalue weighted by Crippen LogP contribution is 2.44. The Bertz CT molecular complexity index is 1640. The molecule has 174 valence electrons. The lowest BCUT2D eigenvalue weighted by Crippen LogP contribution is -2.07. The lowest BCUT2D eigenvalue weighted by atomic mass is 9.91. The molecule has 6 rings (SSSR count). The number of aromatic nitrogens is 1. The summed E-state index contributed by atoms with van der Waals surface area (Å²) in [5, 5.41) is 0.885. The Labute approximate surface area is 210 Å². The van der Waals surface area contributed by atoms with Crippen LogP contribution in [0.1, 0.15) is 34.0 Å². The summed E-state index contributed by atoms with van der Waals surface area (Å²) in [6.07, 6.45) is 4.42. The zero-order valence-electron chi connectivity index (χ0n) is 20.0. The van der Waals surface area contributed by atoms with Crippen molar-refractivity contribution in [2.24, 2.45) is 0 Å². The van der Waals surface area contributed by atoms with Crippen molar-refractivity contribution in [3.05, 3.63) is 138 Å². The van der Waals surface area contributed by atoms with E-state index in [0.717, 1.165) is 50.1 Å². The summed E-state index contributed by atoms with van der Waals surface area (Å²) in [5.41, 5.74) is 8.81. The first-order valence-corrected chi connectivity index (χ1v) is 12.2. The molecule has 2 heterocycles. The summed E-state index contributed by atoms with van der Waals surface area (Å²) in [6, 6.07) is 37.1. The predicted octanol–water partition coefficient (Wildman–Crippen LogP) is 7.93. The maximum absolute atomic E-state index is 13.5. The molecule has 0 aliphatic carbocycles. The first kappa shape index (κ1) is 21.9. The van der Waals surface area contributed by atoms with E-state index in [0.29, 0.717) is 12.2 Å². The highest BCUT2D eigenvalue weighted by Gasteiger charge is 2.29. The fourth-order valence-corrected chi connectivity index (χ4v) is 5.07. The Morgan fingerprint density at radius 3 is 2.17 bits per heavy atom.